The maximum Gasteiger partial charge on any atom is 0.193 e. The molecule has 0 bridgehead atoms. The number of nitrogens with one attached hydrogen (secondary N) is 1. The molecule has 2 aromatic carbocycles. The molecule has 26 heavy (non-hydrogen) atoms. The number of benzene rings is 2. The average molecular weight is 374 g/mol. The molecular weight excluding hydrogens is 346 g/mol. The van der Waals surface area contributed by atoms with Gasteiger partial charge in [0.15, 0.2) is 15.8 Å². The highest BCUT2D eigenvalue weighted by molar-refractivity contribution is 7.92. The van der Waals surface area contributed by atoms with Crippen molar-refractivity contribution in [3.05, 3.63) is 48.0 Å². The Morgan fingerprint density at radius 1 is 1.19 bits per heavy atom. The molecule has 3 rings (SSSR count). The third kappa shape index (κ3) is 3.85. The summed E-state index contributed by atoms with van der Waals surface area (Å²) in [4.78, 5) is 6.39. The summed E-state index contributed by atoms with van der Waals surface area (Å²) in [5.74, 6) is 0.944. The van der Waals surface area contributed by atoms with Crippen LogP contribution in [0.4, 0.5) is 0 Å². The van der Waals surface area contributed by atoms with E-state index < -0.39 is 14.6 Å². The lowest BCUT2D eigenvalue weighted by Crippen LogP contribution is -2.57. The smallest absolute Gasteiger partial charge is 0.193 e. The van der Waals surface area contributed by atoms with Gasteiger partial charge in [0.25, 0.3) is 0 Å². The summed E-state index contributed by atoms with van der Waals surface area (Å²) in [6.45, 7) is 5.29. The molecule has 0 aromatic heterocycles. The normalized spacial score (nSPS) is 19.5. The number of hydrogen-bond acceptors (Lipinski definition) is 3. The molecule has 0 radical (unpaired) electrons. The van der Waals surface area contributed by atoms with E-state index in [1.54, 1.807) is 20.9 Å². The third-order valence-electron chi connectivity index (χ3n) is 5.07. The van der Waals surface area contributed by atoms with Crippen LogP contribution >= 0.6 is 0 Å². The number of fused-ring (bicyclic) bond motifs is 1. The van der Waals surface area contributed by atoms with Crippen molar-refractivity contribution in [3.8, 4) is 0 Å². The predicted molar refractivity (Wildman–Crippen MR) is 108 cm³/mol. The van der Waals surface area contributed by atoms with Crippen LogP contribution in [0.3, 0.4) is 0 Å². The van der Waals surface area contributed by atoms with Gasteiger partial charge in [0.05, 0.1) is 10.5 Å². The molecule has 0 saturated carbocycles. The van der Waals surface area contributed by atoms with Crippen LogP contribution < -0.4 is 5.32 Å². The highest BCUT2D eigenvalue weighted by Gasteiger charge is 2.40. The minimum Gasteiger partial charge on any atom is -0.356 e. The Morgan fingerprint density at radius 3 is 2.62 bits per heavy atom. The van der Waals surface area contributed by atoms with E-state index in [1.807, 2.05) is 11.0 Å². The lowest BCUT2D eigenvalue weighted by Gasteiger charge is -2.39. The van der Waals surface area contributed by atoms with Crippen LogP contribution in [0.2, 0.25) is 0 Å². The van der Waals surface area contributed by atoms with Crippen molar-refractivity contribution in [2.24, 2.45) is 4.99 Å². The van der Waals surface area contributed by atoms with Crippen molar-refractivity contribution in [3.63, 3.8) is 0 Å². The van der Waals surface area contributed by atoms with E-state index >= 15 is 0 Å². The van der Waals surface area contributed by atoms with Gasteiger partial charge in [0.2, 0.25) is 0 Å². The molecule has 1 fully saturated rings. The number of sulfone groups is 1. The van der Waals surface area contributed by atoms with Crippen LogP contribution in [-0.4, -0.2) is 56.5 Å². The summed E-state index contributed by atoms with van der Waals surface area (Å²) in [5, 5.41) is 5.88. The fraction of sp³-hybridized carbons (Fsp3) is 0.450. The van der Waals surface area contributed by atoms with Gasteiger partial charge in [-0.2, -0.15) is 0 Å². The molecule has 1 aliphatic heterocycles. The fourth-order valence-electron chi connectivity index (χ4n) is 3.37. The first-order valence-electron chi connectivity index (χ1n) is 8.98. The standard InChI is InChI=1S/C20H27N3O2S/c1-20(2)15-23(12-13-26(20,24)25)19(21-3)22-11-10-16-8-9-17-6-4-5-7-18(17)14-16/h4-9,14H,10-13,15H2,1-3H3,(H,21,22). The predicted octanol–water partition coefficient (Wildman–Crippen LogP) is 2.47. The third-order valence-corrected chi connectivity index (χ3v) is 7.60. The van der Waals surface area contributed by atoms with E-state index in [1.165, 1.54) is 16.3 Å². The molecule has 5 nitrogen and oxygen atoms in total. The zero-order valence-corrected chi connectivity index (χ0v) is 16.5. The Morgan fingerprint density at radius 2 is 1.92 bits per heavy atom. The first-order chi connectivity index (χ1) is 12.3. The molecular formula is C20H27N3O2S. The maximum atomic E-state index is 12.2. The highest BCUT2D eigenvalue weighted by atomic mass is 32.2. The number of hydrogen-bond donors (Lipinski definition) is 1. The highest BCUT2D eigenvalue weighted by Crippen LogP contribution is 2.23. The van der Waals surface area contributed by atoms with Gasteiger partial charge in [-0.05, 0) is 36.6 Å². The Balaban J connectivity index is 1.61. The molecule has 0 spiro atoms. The van der Waals surface area contributed by atoms with Gasteiger partial charge >= 0.3 is 0 Å². The van der Waals surface area contributed by atoms with Gasteiger partial charge in [-0.25, -0.2) is 8.42 Å². The van der Waals surface area contributed by atoms with Crippen molar-refractivity contribution >= 4 is 26.6 Å². The van der Waals surface area contributed by atoms with Crippen LogP contribution in [0.15, 0.2) is 47.5 Å². The second kappa shape index (κ2) is 7.27. The molecule has 1 N–H and O–H groups in total. The molecule has 1 aliphatic rings. The Bertz CT molecular complexity index is 920. The van der Waals surface area contributed by atoms with Crippen LogP contribution in [0.1, 0.15) is 19.4 Å². The molecule has 140 valence electrons. The lowest BCUT2D eigenvalue weighted by molar-refractivity contribution is 0.353. The lowest BCUT2D eigenvalue weighted by atomic mass is 10.1. The van der Waals surface area contributed by atoms with Crippen molar-refractivity contribution in [1.82, 2.24) is 10.2 Å². The largest absolute Gasteiger partial charge is 0.356 e. The molecule has 6 heteroatoms. The topological polar surface area (TPSA) is 61.8 Å². The second-order valence-electron chi connectivity index (χ2n) is 7.41. The van der Waals surface area contributed by atoms with Gasteiger partial charge in [0, 0.05) is 26.7 Å². The number of guanidine groups is 1. The van der Waals surface area contributed by atoms with Crippen LogP contribution in [-0.2, 0) is 16.3 Å². The molecule has 1 heterocycles. The molecule has 0 unspecified atom stereocenters. The summed E-state index contributed by atoms with van der Waals surface area (Å²) >= 11 is 0. The van der Waals surface area contributed by atoms with Crippen LogP contribution in [0.5, 0.6) is 0 Å². The van der Waals surface area contributed by atoms with E-state index in [4.69, 9.17) is 0 Å². The Kier molecular flexibility index (Phi) is 5.23. The van der Waals surface area contributed by atoms with Gasteiger partial charge in [-0.1, -0.05) is 42.5 Å². The van der Waals surface area contributed by atoms with E-state index in [0.29, 0.717) is 13.1 Å². The number of nitrogens with zero attached hydrogens (tertiary/aromatic N) is 2. The van der Waals surface area contributed by atoms with E-state index in [2.05, 4.69) is 46.7 Å². The first kappa shape index (κ1) is 18.7. The van der Waals surface area contributed by atoms with Gasteiger partial charge in [-0.15, -0.1) is 0 Å². The van der Waals surface area contributed by atoms with Crippen LogP contribution in [0, 0.1) is 0 Å². The second-order valence-corrected chi connectivity index (χ2v) is 10.1. The number of rotatable bonds is 3. The van der Waals surface area contributed by atoms with Crippen molar-refractivity contribution in [2.45, 2.75) is 25.0 Å². The Labute approximate surface area is 156 Å². The first-order valence-corrected chi connectivity index (χ1v) is 10.6. The van der Waals surface area contributed by atoms with E-state index in [9.17, 15) is 8.42 Å². The van der Waals surface area contributed by atoms with Crippen LogP contribution in [0.25, 0.3) is 10.8 Å². The van der Waals surface area contributed by atoms with Gasteiger partial charge < -0.3 is 10.2 Å². The summed E-state index contributed by atoms with van der Waals surface area (Å²) in [5.41, 5.74) is 1.27. The SMILES string of the molecule is CN=C(NCCc1ccc2ccccc2c1)N1CCS(=O)(=O)C(C)(C)C1. The average Bonchev–Trinajstić information content (AvgIpc) is 2.61. The zero-order valence-electron chi connectivity index (χ0n) is 15.7. The van der Waals surface area contributed by atoms with Gasteiger partial charge in [0.1, 0.15) is 0 Å². The van der Waals surface area contributed by atoms with E-state index in [0.717, 1.165) is 18.9 Å². The fourth-order valence-corrected chi connectivity index (χ4v) is 4.74. The molecule has 1 saturated heterocycles. The van der Waals surface area contributed by atoms with E-state index in [-0.39, 0.29) is 5.75 Å². The van der Waals surface area contributed by atoms with Crippen molar-refractivity contribution in [1.29, 1.82) is 0 Å². The zero-order chi connectivity index (χ0) is 18.8. The summed E-state index contributed by atoms with van der Waals surface area (Å²) in [6.07, 6.45) is 0.888. The molecule has 0 amide bonds. The van der Waals surface area contributed by atoms with Gasteiger partial charge in [-0.3, -0.25) is 4.99 Å². The minimum atomic E-state index is -3.04. The summed E-state index contributed by atoms with van der Waals surface area (Å²) < 4.78 is 23.6. The molecule has 0 aliphatic carbocycles. The molecule has 0 atom stereocenters. The quantitative estimate of drug-likeness (QED) is 0.663. The number of aliphatic imine (C=N–C) groups is 1. The molecule has 2 aromatic rings. The monoisotopic (exact) mass is 373 g/mol. The summed E-state index contributed by atoms with van der Waals surface area (Å²) in [6, 6.07) is 14.9. The van der Waals surface area contributed by atoms with Crippen molar-refractivity contribution < 1.29 is 8.42 Å². The maximum absolute atomic E-state index is 12.2. The minimum absolute atomic E-state index is 0.172. The summed E-state index contributed by atoms with van der Waals surface area (Å²) in [7, 11) is -1.30. The van der Waals surface area contributed by atoms with Crippen molar-refractivity contribution in [2.75, 3.05) is 32.4 Å². The Hall–Kier alpha value is -2.08.